The molecule has 5 heterocycles. The normalized spacial score (nSPS) is 11.9. The summed E-state index contributed by atoms with van der Waals surface area (Å²) in [5, 5.41) is 0. The van der Waals surface area contributed by atoms with Gasteiger partial charge in [0.15, 0.2) is 0 Å². The topological polar surface area (TPSA) is 57.4 Å². The van der Waals surface area contributed by atoms with E-state index in [1.165, 1.54) is 0 Å². The molecule has 134 valence electrons. The van der Waals surface area contributed by atoms with Crippen LogP contribution in [0.5, 0.6) is 0 Å². The molecule has 7 heteroatoms. The minimum absolute atomic E-state index is 0.346. The van der Waals surface area contributed by atoms with Crippen LogP contribution in [-0.4, -0.2) is 19.9 Å². The van der Waals surface area contributed by atoms with E-state index >= 15 is 0 Å². The number of halogens is 2. The summed E-state index contributed by atoms with van der Waals surface area (Å²) in [5.74, 6) is 0. The Kier molecular flexibility index (Phi) is 5.54. The van der Waals surface area contributed by atoms with Crippen LogP contribution in [0, 0.1) is 0 Å². The zero-order valence-electron chi connectivity index (χ0n) is 13.9. The molecule has 3 aromatic rings. The molecule has 0 aromatic carbocycles. The van der Waals surface area contributed by atoms with Crippen molar-refractivity contribution in [3.05, 3.63) is 71.3 Å². The van der Waals surface area contributed by atoms with Gasteiger partial charge in [0.25, 0.3) is 0 Å². The number of nitrogens with one attached hydrogen (secondary N) is 2. The third-order valence-corrected chi connectivity index (χ3v) is 4.04. The van der Waals surface area contributed by atoms with E-state index in [0.717, 1.165) is 44.8 Å². The van der Waals surface area contributed by atoms with Gasteiger partial charge in [0.05, 0.1) is 22.8 Å². The Bertz CT molecular complexity index is 1100. The fourth-order valence-corrected chi connectivity index (χ4v) is 2.94. The van der Waals surface area contributed by atoms with Gasteiger partial charge in [-0.2, -0.15) is 0 Å². The molecule has 27 heavy (non-hydrogen) atoms. The average molecular weight is 482 g/mol. The molecule has 0 spiro atoms. The average Bonchev–Trinajstić information content (AvgIpc) is 3.41. The zero-order chi connectivity index (χ0) is 18.6. The van der Waals surface area contributed by atoms with Crippen LogP contribution in [0.1, 0.15) is 22.8 Å². The van der Waals surface area contributed by atoms with Crippen LogP contribution in [0.2, 0.25) is 0 Å². The summed E-state index contributed by atoms with van der Waals surface area (Å²) in [7, 11) is 9.71. The van der Waals surface area contributed by atoms with E-state index < -0.39 is 0 Å². The second-order valence-electron chi connectivity index (χ2n) is 5.96. The van der Waals surface area contributed by atoms with Gasteiger partial charge in [0.2, 0.25) is 0 Å². The Morgan fingerprint density at radius 2 is 0.889 bits per heavy atom. The van der Waals surface area contributed by atoms with Gasteiger partial charge >= 0.3 is 34.5 Å². The molecular weight excluding hydrogens is 468 g/mol. The van der Waals surface area contributed by atoms with Crippen LogP contribution in [0.3, 0.4) is 0 Å². The summed E-state index contributed by atoms with van der Waals surface area (Å²) in [6.07, 6.45) is 8.05. The van der Waals surface area contributed by atoms with E-state index in [4.69, 9.17) is 19.4 Å². The Morgan fingerprint density at radius 1 is 0.556 bits per heavy atom. The molecule has 0 amide bonds. The van der Waals surface area contributed by atoms with Gasteiger partial charge in [-0.15, -0.1) is 0 Å². The van der Waals surface area contributed by atoms with Gasteiger partial charge in [-0.1, -0.05) is 0 Å². The van der Waals surface area contributed by atoms with Gasteiger partial charge in [0, 0.05) is 22.1 Å². The van der Waals surface area contributed by atoms with Crippen LogP contribution in [0.15, 0.2) is 48.5 Å². The molecule has 0 saturated carbocycles. The van der Waals surface area contributed by atoms with Gasteiger partial charge in [-0.3, -0.25) is 0 Å². The second-order valence-corrected chi connectivity index (χ2v) is 8.59. The van der Waals surface area contributed by atoms with Gasteiger partial charge in [0.1, 0.15) is 0 Å². The van der Waals surface area contributed by atoms with E-state index in [9.17, 15) is 0 Å². The van der Waals surface area contributed by atoms with Crippen molar-refractivity contribution in [3.63, 3.8) is 0 Å². The first-order valence-electron chi connectivity index (χ1n) is 8.11. The number of aromatic nitrogens is 4. The Balaban J connectivity index is 0.000000565. The number of aromatic amines is 2. The van der Waals surface area contributed by atoms with Crippen molar-refractivity contribution in [1.29, 1.82) is 0 Å². The standard InChI is InChI=1S/C20H14N4.2ClH.Ru/c1-2-14-10-16-5-6-18(23-16)12-20-8-7-19(24-20)11-17-4-3-15(22-17)9-13(1)21-14;;;/h1-12,21-22H;2*1H;/q;;;+4/p-2. The molecule has 5 rings (SSSR count). The summed E-state index contributed by atoms with van der Waals surface area (Å²) in [6, 6.07) is 16.4. The number of nitrogens with zero attached hydrogens (tertiary/aromatic N) is 2. The predicted octanol–water partition coefficient (Wildman–Crippen LogP) is 6.03. The van der Waals surface area contributed by atoms with Crippen LogP contribution < -0.4 is 0 Å². The number of rotatable bonds is 0. The molecule has 2 N–H and O–H groups in total. The molecule has 0 aliphatic carbocycles. The summed E-state index contributed by atoms with van der Waals surface area (Å²) in [6.45, 7) is 0. The van der Waals surface area contributed by atoms with Crippen LogP contribution in [-0.2, 0) is 15.1 Å². The first-order chi connectivity index (χ1) is 13.2. The van der Waals surface area contributed by atoms with Gasteiger partial charge in [-0.25, -0.2) is 9.97 Å². The van der Waals surface area contributed by atoms with E-state index in [1.54, 1.807) is 0 Å². The summed E-state index contributed by atoms with van der Waals surface area (Å²) < 4.78 is 0. The fourth-order valence-electron chi connectivity index (χ4n) is 2.94. The van der Waals surface area contributed by atoms with E-state index in [2.05, 4.69) is 50.3 Å². The number of hydrogen-bond donors (Lipinski definition) is 2. The quantitative estimate of drug-likeness (QED) is 0.265. The molecular formula is C20H14Cl2N4Ru+2. The van der Waals surface area contributed by atoms with Crippen molar-refractivity contribution >= 4 is 65.8 Å². The van der Waals surface area contributed by atoms with Crippen molar-refractivity contribution in [2.75, 3.05) is 0 Å². The van der Waals surface area contributed by atoms with Crippen molar-refractivity contribution in [2.24, 2.45) is 0 Å². The number of H-pyrrole nitrogens is 2. The van der Waals surface area contributed by atoms with Crippen LogP contribution in [0.25, 0.3) is 46.4 Å². The van der Waals surface area contributed by atoms with E-state index in [0.29, 0.717) is 0 Å². The zero-order valence-corrected chi connectivity index (χ0v) is 17.2. The van der Waals surface area contributed by atoms with Gasteiger partial charge < -0.3 is 9.97 Å². The molecule has 8 bridgehead atoms. The third-order valence-electron chi connectivity index (χ3n) is 4.04. The first kappa shape index (κ1) is 18.2. The maximum atomic E-state index is 4.85. The molecule has 0 saturated heterocycles. The van der Waals surface area contributed by atoms with E-state index in [1.807, 2.05) is 42.5 Å². The molecule has 2 aliphatic heterocycles. The van der Waals surface area contributed by atoms with Crippen molar-refractivity contribution in [3.8, 4) is 0 Å². The Labute approximate surface area is 171 Å². The Morgan fingerprint density at radius 3 is 1.30 bits per heavy atom. The predicted molar refractivity (Wildman–Crippen MR) is 111 cm³/mol. The fraction of sp³-hybridized carbons (Fsp3) is 0. The van der Waals surface area contributed by atoms with Crippen molar-refractivity contribution < 1.29 is 15.1 Å². The van der Waals surface area contributed by atoms with Gasteiger partial charge in [-0.05, 0) is 72.8 Å². The molecule has 4 nitrogen and oxygen atoms in total. The summed E-state index contributed by atoms with van der Waals surface area (Å²) in [4.78, 5) is 16.0. The van der Waals surface area contributed by atoms with Crippen LogP contribution in [0.4, 0.5) is 0 Å². The molecule has 3 aromatic heterocycles. The first-order valence-corrected chi connectivity index (χ1v) is 12.6. The molecule has 2 aliphatic rings. The molecule has 0 atom stereocenters. The Hall–Kier alpha value is -2.20. The van der Waals surface area contributed by atoms with Crippen molar-refractivity contribution in [1.82, 2.24) is 19.9 Å². The monoisotopic (exact) mass is 482 g/mol. The summed E-state index contributed by atoms with van der Waals surface area (Å²) in [5.41, 5.74) is 7.86. The SMILES string of the molecule is C1=Cc2cc3ccc(cc4ccc(cc5nc(cc1n2)C=C5)[nH]4)[nH]3.[Cl][Ru+2][Cl]. The van der Waals surface area contributed by atoms with E-state index in [-0.39, 0.29) is 15.1 Å². The molecule has 0 unspecified atom stereocenters. The molecule has 0 radical (unpaired) electrons. The number of fused-ring (bicyclic) bond motifs is 8. The summed E-state index contributed by atoms with van der Waals surface area (Å²) >= 11 is -0.346. The second kappa shape index (κ2) is 8.22. The molecule has 0 fully saturated rings. The third kappa shape index (κ3) is 4.56. The van der Waals surface area contributed by atoms with Crippen molar-refractivity contribution in [2.45, 2.75) is 0 Å². The minimum atomic E-state index is -0.346. The number of hydrogen-bond acceptors (Lipinski definition) is 2. The van der Waals surface area contributed by atoms with Crippen LogP contribution >= 0.6 is 19.4 Å². The maximum absolute atomic E-state index is 4.85.